The summed E-state index contributed by atoms with van der Waals surface area (Å²) in [4.78, 5) is 10.1. The Labute approximate surface area is 63.2 Å². The summed E-state index contributed by atoms with van der Waals surface area (Å²) in [5, 5.41) is 0. The summed E-state index contributed by atoms with van der Waals surface area (Å²) in [7, 11) is 0. The summed E-state index contributed by atoms with van der Waals surface area (Å²) in [6.07, 6.45) is 3.01. The topological polar surface area (TPSA) is 26.3 Å². The Balaban J connectivity index is 3.56. The van der Waals surface area contributed by atoms with Crippen molar-refractivity contribution in [3.63, 3.8) is 0 Å². The molecule has 0 radical (unpaired) electrons. The molecular weight excluding hydrogens is 160 g/mol. The molecule has 52 valence electrons. The normalized spacial score (nSPS) is 11.2. The van der Waals surface area contributed by atoms with Gasteiger partial charge in [0, 0.05) is 6.92 Å². The van der Waals surface area contributed by atoms with Gasteiger partial charge in [-0.05, 0) is 6.26 Å². The quantitative estimate of drug-likeness (QED) is 0.464. The first-order valence-corrected chi connectivity index (χ1v) is 3.84. The Bertz CT molecular complexity index is 133. The van der Waals surface area contributed by atoms with Crippen LogP contribution in [0.5, 0.6) is 0 Å². The third kappa shape index (κ3) is 5.73. The molecule has 0 atom stereocenters. The largest absolute Gasteiger partial charge is 0.433 e. The van der Waals surface area contributed by atoms with E-state index in [0.717, 1.165) is 0 Å². The van der Waals surface area contributed by atoms with E-state index in [2.05, 4.69) is 4.74 Å². The average molecular weight is 167 g/mol. The van der Waals surface area contributed by atoms with Crippen molar-refractivity contribution in [3.05, 3.63) is 10.6 Å². The van der Waals surface area contributed by atoms with Gasteiger partial charge in [-0.1, -0.05) is 11.6 Å². The number of esters is 1. The van der Waals surface area contributed by atoms with Crippen LogP contribution >= 0.6 is 23.4 Å². The van der Waals surface area contributed by atoms with Crippen molar-refractivity contribution in [1.29, 1.82) is 0 Å². The van der Waals surface area contributed by atoms with Gasteiger partial charge in [0.05, 0.1) is 0 Å². The van der Waals surface area contributed by atoms with Crippen LogP contribution < -0.4 is 0 Å². The standard InChI is InChI=1S/C5H7ClO2S/c1-4(7)8-3-5(6)9-2/h3H,1-2H3. The smallest absolute Gasteiger partial charge is 0.307 e. The fraction of sp³-hybridized carbons (Fsp3) is 0.400. The van der Waals surface area contributed by atoms with Crippen molar-refractivity contribution in [2.45, 2.75) is 6.92 Å². The van der Waals surface area contributed by atoms with Gasteiger partial charge in [0.15, 0.2) is 0 Å². The van der Waals surface area contributed by atoms with Crippen LogP contribution in [0.4, 0.5) is 0 Å². The molecular formula is C5H7ClO2S. The molecule has 4 heteroatoms. The van der Waals surface area contributed by atoms with Gasteiger partial charge in [0.1, 0.15) is 10.6 Å². The van der Waals surface area contributed by atoms with Gasteiger partial charge in [-0.3, -0.25) is 4.79 Å². The van der Waals surface area contributed by atoms with Crippen LogP contribution in [-0.4, -0.2) is 12.2 Å². The van der Waals surface area contributed by atoms with Crippen molar-refractivity contribution in [3.8, 4) is 0 Å². The van der Waals surface area contributed by atoms with E-state index in [1.165, 1.54) is 24.9 Å². The van der Waals surface area contributed by atoms with Gasteiger partial charge in [0.2, 0.25) is 0 Å². The van der Waals surface area contributed by atoms with Crippen molar-refractivity contribution < 1.29 is 9.53 Å². The molecule has 0 unspecified atom stereocenters. The molecule has 0 aliphatic heterocycles. The Hall–Kier alpha value is -0.150. The van der Waals surface area contributed by atoms with E-state index < -0.39 is 0 Å². The maximum absolute atomic E-state index is 10.1. The summed E-state index contributed by atoms with van der Waals surface area (Å²) in [5.41, 5.74) is 0. The second-order valence-corrected chi connectivity index (χ2v) is 2.71. The molecule has 9 heavy (non-hydrogen) atoms. The van der Waals surface area contributed by atoms with Crippen molar-refractivity contribution in [2.24, 2.45) is 0 Å². The molecule has 0 N–H and O–H groups in total. The molecule has 0 aliphatic carbocycles. The lowest BCUT2D eigenvalue weighted by Crippen LogP contribution is -1.89. The SMILES string of the molecule is CSC(Cl)=COC(C)=O. The lowest BCUT2D eigenvalue weighted by Gasteiger charge is -1.91. The number of halogens is 1. The zero-order valence-corrected chi connectivity index (χ0v) is 6.75. The molecule has 0 saturated heterocycles. The highest BCUT2D eigenvalue weighted by atomic mass is 35.5. The molecule has 0 bridgehead atoms. The highest BCUT2D eigenvalue weighted by Gasteiger charge is 1.89. The van der Waals surface area contributed by atoms with Gasteiger partial charge in [-0.2, -0.15) is 0 Å². The maximum atomic E-state index is 10.1. The van der Waals surface area contributed by atoms with E-state index >= 15 is 0 Å². The number of rotatable bonds is 2. The zero-order chi connectivity index (χ0) is 7.28. The summed E-state index contributed by atoms with van der Waals surface area (Å²) >= 11 is 6.77. The first-order chi connectivity index (χ1) is 4.16. The van der Waals surface area contributed by atoms with Crippen molar-refractivity contribution in [2.75, 3.05) is 6.26 Å². The maximum Gasteiger partial charge on any atom is 0.307 e. The van der Waals surface area contributed by atoms with E-state index in [0.29, 0.717) is 4.36 Å². The van der Waals surface area contributed by atoms with Gasteiger partial charge < -0.3 is 4.74 Å². The predicted molar refractivity (Wildman–Crippen MR) is 39.2 cm³/mol. The molecule has 0 heterocycles. The molecule has 0 aromatic heterocycles. The lowest BCUT2D eigenvalue weighted by molar-refractivity contribution is -0.135. The molecule has 0 aromatic carbocycles. The monoisotopic (exact) mass is 166 g/mol. The third-order valence-electron chi connectivity index (χ3n) is 0.513. The molecule has 2 nitrogen and oxygen atoms in total. The molecule has 0 saturated carbocycles. The van der Waals surface area contributed by atoms with Crippen LogP contribution in [-0.2, 0) is 9.53 Å². The second-order valence-electron chi connectivity index (χ2n) is 1.24. The number of ether oxygens (including phenoxy) is 1. The highest BCUT2D eigenvalue weighted by Crippen LogP contribution is 2.15. The fourth-order valence-corrected chi connectivity index (χ4v) is 0.366. The highest BCUT2D eigenvalue weighted by molar-refractivity contribution is 8.03. The van der Waals surface area contributed by atoms with Crippen LogP contribution in [0, 0.1) is 0 Å². The van der Waals surface area contributed by atoms with Gasteiger partial charge in [-0.25, -0.2) is 0 Å². The predicted octanol–water partition coefficient (Wildman–Crippen LogP) is 1.95. The lowest BCUT2D eigenvalue weighted by atomic mass is 10.8. The Morgan fingerprint density at radius 1 is 1.78 bits per heavy atom. The van der Waals surface area contributed by atoms with Gasteiger partial charge in [-0.15, -0.1) is 11.8 Å². The van der Waals surface area contributed by atoms with Crippen molar-refractivity contribution >= 4 is 29.3 Å². The fourth-order valence-electron chi connectivity index (χ4n) is 0.177. The minimum Gasteiger partial charge on any atom is -0.433 e. The molecule has 0 spiro atoms. The molecule has 0 rings (SSSR count). The molecule has 0 aliphatic rings. The zero-order valence-electron chi connectivity index (χ0n) is 5.18. The number of carbonyl (C=O) groups excluding carboxylic acids is 1. The summed E-state index contributed by atoms with van der Waals surface area (Å²) in [6.45, 7) is 1.32. The Morgan fingerprint density at radius 2 is 2.33 bits per heavy atom. The van der Waals surface area contributed by atoms with Crippen LogP contribution in [0.2, 0.25) is 0 Å². The minimum absolute atomic E-state index is 0.359. The van der Waals surface area contributed by atoms with Gasteiger partial charge >= 0.3 is 5.97 Å². The number of carbonyl (C=O) groups is 1. The first kappa shape index (κ1) is 8.85. The summed E-state index contributed by atoms with van der Waals surface area (Å²) in [6, 6.07) is 0. The molecule has 0 aromatic rings. The number of hydrogen-bond donors (Lipinski definition) is 0. The van der Waals surface area contributed by atoms with Crippen LogP contribution in [0.15, 0.2) is 10.6 Å². The minimum atomic E-state index is -0.359. The first-order valence-electron chi connectivity index (χ1n) is 2.23. The summed E-state index contributed by atoms with van der Waals surface area (Å²) in [5.74, 6) is -0.359. The second kappa shape index (κ2) is 4.70. The van der Waals surface area contributed by atoms with Crippen molar-refractivity contribution in [1.82, 2.24) is 0 Å². The Morgan fingerprint density at radius 3 is 2.67 bits per heavy atom. The van der Waals surface area contributed by atoms with Crippen LogP contribution in [0.3, 0.4) is 0 Å². The number of hydrogen-bond acceptors (Lipinski definition) is 3. The molecule has 0 amide bonds. The van der Waals surface area contributed by atoms with E-state index in [4.69, 9.17) is 11.6 Å². The third-order valence-corrected chi connectivity index (χ3v) is 1.55. The van der Waals surface area contributed by atoms with Crippen LogP contribution in [0.25, 0.3) is 0 Å². The van der Waals surface area contributed by atoms with Crippen LogP contribution in [0.1, 0.15) is 6.92 Å². The average Bonchev–Trinajstić information content (AvgIpc) is 1.83. The van der Waals surface area contributed by atoms with Gasteiger partial charge in [0.25, 0.3) is 0 Å². The van der Waals surface area contributed by atoms with E-state index in [1.807, 2.05) is 0 Å². The van der Waals surface area contributed by atoms with E-state index in [9.17, 15) is 4.79 Å². The van der Waals surface area contributed by atoms with E-state index in [-0.39, 0.29) is 5.97 Å². The number of thioether (sulfide) groups is 1. The Kier molecular flexibility index (Phi) is 4.62. The van der Waals surface area contributed by atoms with E-state index in [1.54, 1.807) is 6.26 Å². The molecule has 0 fully saturated rings. The summed E-state index contributed by atoms with van der Waals surface area (Å²) < 4.78 is 4.90.